The Bertz CT molecular complexity index is 698. The maximum absolute atomic E-state index is 11.8. The highest BCUT2D eigenvalue weighted by Crippen LogP contribution is 2.11. The van der Waals surface area contributed by atoms with Crippen molar-refractivity contribution in [3.05, 3.63) is 75.8 Å². The van der Waals surface area contributed by atoms with Gasteiger partial charge in [0.05, 0.1) is 4.92 Å². The van der Waals surface area contributed by atoms with Crippen LogP contribution in [-0.4, -0.2) is 23.3 Å². The Hall–Kier alpha value is -3.22. The standard InChI is InChI=1S/C16H14N2O5/c19-15(23-11-12-4-2-1-3-5-12)10-17-16(20)13-6-8-14(9-7-13)18(21)22/h1-9H,10-11H2,(H,17,20). The molecule has 0 aliphatic carbocycles. The van der Waals surface area contributed by atoms with Gasteiger partial charge in [-0.15, -0.1) is 0 Å². The van der Waals surface area contributed by atoms with Gasteiger partial charge in [-0.2, -0.15) is 0 Å². The van der Waals surface area contributed by atoms with Gasteiger partial charge >= 0.3 is 5.97 Å². The summed E-state index contributed by atoms with van der Waals surface area (Å²) in [4.78, 5) is 33.4. The van der Waals surface area contributed by atoms with E-state index >= 15 is 0 Å². The Kier molecular flexibility index (Phi) is 5.40. The highest BCUT2D eigenvalue weighted by Gasteiger charge is 2.11. The Labute approximate surface area is 132 Å². The fourth-order valence-corrected chi connectivity index (χ4v) is 1.78. The SMILES string of the molecule is O=C(CNC(=O)c1ccc([N+](=O)[O-])cc1)OCc1ccccc1. The van der Waals surface area contributed by atoms with E-state index in [1.807, 2.05) is 30.3 Å². The molecule has 0 aliphatic heterocycles. The number of ether oxygens (including phenoxy) is 1. The molecule has 0 aliphatic rings. The summed E-state index contributed by atoms with van der Waals surface area (Å²) in [6, 6.07) is 14.3. The first-order valence-electron chi connectivity index (χ1n) is 6.78. The molecule has 1 amide bonds. The number of carbonyl (C=O) groups is 2. The van der Waals surface area contributed by atoms with Gasteiger partial charge in [0.25, 0.3) is 11.6 Å². The molecule has 7 heteroatoms. The lowest BCUT2D eigenvalue weighted by Gasteiger charge is -2.06. The summed E-state index contributed by atoms with van der Waals surface area (Å²) in [5.41, 5.74) is 0.970. The fraction of sp³-hybridized carbons (Fsp3) is 0.125. The van der Waals surface area contributed by atoms with Crippen molar-refractivity contribution in [1.82, 2.24) is 5.32 Å². The second-order valence-corrected chi connectivity index (χ2v) is 4.63. The summed E-state index contributed by atoms with van der Waals surface area (Å²) in [7, 11) is 0. The van der Waals surface area contributed by atoms with Gasteiger partial charge in [-0.05, 0) is 17.7 Å². The predicted molar refractivity (Wildman–Crippen MR) is 81.7 cm³/mol. The summed E-state index contributed by atoms with van der Waals surface area (Å²) in [6.45, 7) is -0.143. The minimum absolute atomic E-state index is 0.108. The molecule has 0 heterocycles. The second kappa shape index (κ2) is 7.69. The predicted octanol–water partition coefficient (Wildman–Crippen LogP) is 2.07. The van der Waals surface area contributed by atoms with Crippen LogP contribution >= 0.6 is 0 Å². The molecule has 23 heavy (non-hydrogen) atoms. The number of nitrogens with one attached hydrogen (secondary N) is 1. The van der Waals surface area contributed by atoms with E-state index in [4.69, 9.17) is 4.74 Å². The van der Waals surface area contributed by atoms with Gasteiger partial charge in [0, 0.05) is 17.7 Å². The van der Waals surface area contributed by atoms with Crippen molar-refractivity contribution in [2.45, 2.75) is 6.61 Å². The van der Waals surface area contributed by atoms with Crippen molar-refractivity contribution < 1.29 is 19.2 Å². The largest absolute Gasteiger partial charge is 0.460 e. The number of amides is 1. The lowest BCUT2D eigenvalue weighted by Crippen LogP contribution is -2.30. The monoisotopic (exact) mass is 314 g/mol. The quantitative estimate of drug-likeness (QED) is 0.500. The molecule has 0 unspecified atom stereocenters. The van der Waals surface area contributed by atoms with Crippen molar-refractivity contribution in [3.63, 3.8) is 0 Å². The van der Waals surface area contributed by atoms with Gasteiger partial charge in [0.15, 0.2) is 0 Å². The smallest absolute Gasteiger partial charge is 0.325 e. The molecule has 0 bridgehead atoms. The molecule has 7 nitrogen and oxygen atoms in total. The molecule has 0 fully saturated rings. The number of nitro benzene ring substituents is 1. The fourth-order valence-electron chi connectivity index (χ4n) is 1.78. The van der Waals surface area contributed by atoms with E-state index < -0.39 is 16.8 Å². The van der Waals surface area contributed by atoms with E-state index in [1.54, 1.807) is 0 Å². The van der Waals surface area contributed by atoms with Crippen LogP contribution in [0, 0.1) is 10.1 Å². The first kappa shape index (κ1) is 16.2. The lowest BCUT2D eigenvalue weighted by molar-refractivity contribution is -0.384. The Morgan fingerprint density at radius 1 is 1.04 bits per heavy atom. The molecule has 2 aromatic rings. The van der Waals surface area contributed by atoms with Crippen LogP contribution < -0.4 is 5.32 Å². The third-order valence-corrected chi connectivity index (χ3v) is 2.98. The zero-order chi connectivity index (χ0) is 16.7. The molecule has 2 aromatic carbocycles. The van der Waals surface area contributed by atoms with E-state index in [9.17, 15) is 19.7 Å². The number of rotatable bonds is 6. The number of benzene rings is 2. The number of hydrogen-bond acceptors (Lipinski definition) is 5. The van der Waals surface area contributed by atoms with Crippen LogP contribution in [0.15, 0.2) is 54.6 Å². The van der Waals surface area contributed by atoms with Crippen LogP contribution in [0.1, 0.15) is 15.9 Å². The molecule has 0 atom stereocenters. The molecule has 0 saturated carbocycles. The summed E-state index contributed by atoms with van der Waals surface area (Å²) in [5.74, 6) is -1.07. The van der Waals surface area contributed by atoms with E-state index in [0.29, 0.717) is 0 Å². The first-order chi connectivity index (χ1) is 11.1. The van der Waals surface area contributed by atoms with Crippen molar-refractivity contribution in [2.24, 2.45) is 0 Å². The molecule has 0 aromatic heterocycles. The minimum atomic E-state index is -0.566. The van der Waals surface area contributed by atoms with Gasteiger partial charge in [0.1, 0.15) is 13.2 Å². The number of non-ortho nitro benzene ring substituents is 1. The molecule has 118 valence electrons. The third kappa shape index (κ3) is 4.92. The first-order valence-corrected chi connectivity index (χ1v) is 6.78. The van der Waals surface area contributed by atoms with E-state index in [2.05, 4.69) is 5.32 Å². The van der Waals surface area contributed by atoms with Crippen LogP contribution in [0.2, 0.25) is 0 Å². The Morgan fingerprint density at radius 3 is 2.30 bits per heavy atom. The number of hydrogen-bond donors (Lipinski definition) is 1. The maximum Gasteiger partial charge on any atom is 0.325 e. The maximum atomic E-state index is 11.8. The molecule has 2 rings (SSSR count). The Balaban J connectivity index is 1.79. The van der Waals surface area contributed by atoms with E-state index in [1.165, 1.54) is 24.3 Å². The number of nitrogens with zero attached hydrogens (tertiary/aromatic N) is 1. The second-order valence-electron chi connectivity index (χ2n) is 4.63. The van der Waals surface area contributed by atoms with E-state index in [-0.39, 0.29) is 24.4 Å². The van der Waals surface area contributed by atoms with E-state index in [0.717, 1.165) is 5.56 Å². The van der Waals surface area contributed by atoms with Crippen molar-refractivity contribution in [1.29, 1.82) is 0 Å². The molecule has 1 N–H and O–H groups in total. The number of carbonyl (C=O) groups excluding carboxylic acids is 2. The normalized spacial score (nSPS) is 9.91. The topological polar surface area (TPSA) is 98.5 Å². The summed E-state index contributed by atoms with van der Waals surface area (Å²) in [6.07, 6.45) is 0. The lowest BCUT2D eigenvalue weighted by atomic mass is 10.2. The van der Waals surface area contributed by atoms with Crippen molar-refractivity contribution in [2.75, 3.05) is 6.54 Å². The van der Waals surface area contributed by atoms with Gasteiger partial charge < -0.3 is 10.1 Å². The van der Waals surface area contributed by atoms with Gasteiger partial charge in [-0.25, -0.2) is 0 Å². The average molecular weight is 314 g/mol. The highest BCUT2D eigenvalue weighted by molar-refractivity contribution is 5.96. The zero-order valence-electron chi connectivity index (χ0n) is 12.1. The van der Waals surface area contributed by atoms with Crippen LogP contribution in [0.4, 0.5) is 5.69 Å². The van der Waals surface area contributed by atoms with Crippen molar-refractivity contribution >= 4 is 17.6 Å². The molecular weight excluding hydrogens is 300 g/mol. The Morgan fingerprint density at radius 2 is 1.70 bits per heavy atom. The minimum Gasteiger partial charge on any atom is -0.460 e. The van der Waals surface area contributed by atoms with Crippen LogP contribution in [0.3, 0.4) is 0 Å². The zero-order valence-corrected chi connectivity index (χ0v) is 12.1. The van der Waals surface area contributed by atoms with Gasteiger partial charge in [-0.3, -0.25) is 19.7 Å². The summed E-state index contributed by atoms with van der Waals surface area (Å²) < 4.78 is 5.02. The van der Waals surface area contributed by atoms with Gasteiger partial charge in [-0.1, -0.05) is 30.3 Å². The number of nitro groups is 1. The van der Waals surface area contributed by atoms with Crippen LogP contribution in [0.25, 0.3) is 0 Å². The highest BCUT2D eigenvalue weighted by atomic mass is 16.6. The third-order valence-electron chi connectivity index (χ3n) is 2.98. The summed E-state index contributed by atoms with van der Waals surface area (Å²) >= 11 is 0. The van der Waals surface area contributed by atoms with Crippen molar-refractivity contribution in [3.8, 4) is 0 Å². The van der Waals surface area contributed by atoms with Crippen LogP contribution in [0.5, 0.6) is 0 Å². The summed E-state index contributed by atoms with van der Waals surface area (Å²) in [5, 5.41) is 12.9. The average Bonchev–Trinajstić information content (AvgIpc) is 2.58. The molecule has 0 radical (unpaired) electrons. The molecule has 0 spiro atoms. The molecular formula is C16H14N2O5. The number of esters is 1. The van der Waals surface area contributed by atoms with Gasteiger partial charge in [0.2, 0.25) is 0 Å². The van der Waals surface area contributed by atoms with Crippen LogP contribution in [-0.2, 0) is 16.1 Å². The molecule has 0 saturated heterocycles.